The van der Waals surface area contributed by atoms with Gasteiger partial charge < -0.3 is 5.32 Å². The van der Waals surface area contributed by atoms with Crippen LogP contribution in [0.1, 0.15) is 44.5 Å². The van der Waals surface area contributed by atoms with Crippen molar-refractivity contribution < 1.29 is 0 Å². The van der Waals surface area contributed by atoms with E-state index in [-0.39, 0.29) is 0 Å². The molecule has 20 heavy (non-hydrogen) atoms. The van der Waals surface area contributed by atoms with E-state index in [0.29, 0.717) is 12.0 Å². The lowest BCUT2D eigenvalue weighted by atomic mass is 9.98. The van der Waals surface area contributed by atoms with Crippen LogP contribution >= 0.6 is 0 Å². The molecular formula is C16H22N4. The molecule has 1 atom stereocenters. The normalized spacial score (nSPS) is 19.4. The standard InChI is InChI=1S/C16H22N4/c1-12(2)20-16(14-9-6-10-17-11-14)18-15(19-20)13-7-4-3-5-8-13/h3-5,7-8,12,14,17H,6,9-11H2,1-2H3. The average Bonchev–Trinajstić information content (AvgIpc) is 2.94. The van der Waals surface area contributed by atoms with Crippen molar-refractivity contribution in [2.24, 2.45) is 0 Å². The van der Waals surface area contributed by atoms with Gasteiger partial charge in [0.25, 0.3) is 0 Å². The van der Waals surface area contributed by atoms with Crippen molar-refractivity contribution in [2.45, 2.75) is 38.6 Å². The summed E-state index contributed by atoms with van der Waals surface area (Å²) in [4.78, 5) is 4.84. The number of nitrogens with one attached hydrogen (secondary N) is 1. The van der Waals surface area contributed by atoms with Crippen LogP contribution < -0.4 is 5.32 Å². The van der Waals surface area contributed by atoms with E-state index in [2.05, 4.69) is 36.0 Å². The zero-order chi connectivity index (χ0) is 13.9. The van der Waals surface area contributed by atoms with E-state index in [1.165, 1.54) is 12.8 Å². The van der Waals surface area contributed by atoms with Gasteiger partial charge in [0, 0.05) is 24.1 Å². The highest BCUT2D eigenvalue weighted by molar-refractivity contribution is 5.54. The molecule has 1 aliphatic rings. The fraction of sp³-hybridized carbons (Fsp3) is 0.500. The molecule has 1 saturated heterocycles. The molecule has 2 aromatic rings. The van der Waals surface area contributed by atoms with Crippen molar-refractivity contribution in [1.82, 2.24) is 20.1 Å². The van der Waals surface area contributed by atoms with Crippen LogP contribution in [0.3, 0.4) is 0 Å². The van der Waals surface area contributed by atoms with Crippen LogP contribution in [0.5, 0.6) is 0 Å². The van der Waals surface area contributed by atoms with E-state index in [4.69, 9.17) is 10.1 Å². The summed E-state index contributed by atoms with van der Waals surface area (Å²) in [5.74, 6) is 2.46. The van der Waals surface area contributed by atoms with Crippen LogP contribution in [-0.2, 0) is 0 Å². The Kier molecular flexibility index (Phi) is 3.83. The third-order valence-corrected chi connectivity index (χ3v) is 3.84. The Hall–Kier alpha value is -1.68. The number of piperidine rings is 1. The largest absolute Gasteiger partial charge is 0.316 e. The van der Waals surface area contributed by atoms with Crippen molar-refractivity contribution in [3.8, 4) is 11.4 Å². The van der Waals surface area contributed by atoms with Gasteiger partial charge in [-0.25, -0.2) is 9.67 Å². The number of rotatable bonds is 3. The first-order chi connectivity index (χ1) is 9.75. The van der Waals surface area contributed by atoms with Crippen molar-refractivity contribution in [3.05, 3.63) is 36.2 Å². The quantitative estimate of drug-likeness (QED) is 0.932. The summed E-state index contributed by atoms with van der Waals surface area (Å²) >= 11 is 0. The second kappa shape index (κ2) is 5.75. The van der Waals surface area contributed by atoms with Gasteiger partial charge in [-0.15, -0.1) is 0 Å². The van der Waals surface area contributed by atoms with Crippen molar-refractivity contribution >= 4 is 0 Å². The first-order valence-corrected chi connectivity index (χ1v) is 7.48. The third kappa shape index (κ3) is 2.61. The molecule has 1 aromatic carbocycles. The molecule has 0 amide bonds. The molecule has 1 aromatic heterocycles. The van der Waals surface area contributed by atoms with Crippen LogP contribution in [0, 0.1) is 0 Å². The molecule has 2 heterocycles. The van der Waals surface area contributed by atoms with Gasteiger partial charge in [-0.05, 0) is 33.2 Å². The molecule has 1 unspecified atom stereocenters. The van der Waals surface area contributed by atoms with Gasteiger partial charge in [-0.2, -0.15) is 5.10 Å². The lowest BCUT2D eigenvalue weighted by Crippen LogP contribution is -2.30. The maximum Gasteiger partial charge on any atom is 0.181 e. The lowest BCUT2D eigenvalue weighted by molar-refractivity contribution is 0.407. The zero-order valence-corrected chi connectivity index (χ0v) is 12.2. The smallest absolute Gasteiger partial charge is 0.181 e. The summed E-state index contributed by atoms with van der Waals surface area (Å²) in [5.41, 5.74) is 1.09. The van der Waals surface area contributed by atoms with Crippen LogP contribution in [-0.4, -0.2) is 27.9 Å². The number of hydrogen-bond donors (Lipinski definition) is 1. The predicted octanol–water partition coefficient (Wildman–Crippen LogP) is 2.99. The Labute approximate surface area is 120 Å². The summed E-state index contributed by atoms with van der Waals surface area (Å²) in [7, 11) is 0. The molecule has 1 N–H and O–H groups in total. The Morgan fingerprint density at radius 1 is 1.25 bits per heavy atom. The molecule has 0 saturated carbocycles. The minimum Gasteiger partial charge on any atom is -0.316 e. The number of hydrogen-bond acceptors (Lipinski definition) is 3. The lowest BCUT2D eigenvalue weighted by Gasteiger charge is -2.23. The van der Waals surface area contributed by atoms with Gasteiger partial charge >= 0.3 is 0 Å². The summed E-state index contributed by atoms with van der Waals surface area (Å²) in [5, 5.41) is 8.20. The molecule has 0 spiro atoms. The summed E-state index contributed by atoms with van der Waals surface area (Å²) in [6.45, 7) is 6.48. The van der Waals surface area contributed by atoms with Crippen molar-refractivity contribution in [2.75, 3.05) is 13.1 Å². The molecule has 4 nitrogen and oxygen atoms in total. The number of benzene rings is 1. The topological polar surface area (TPSA) is 42.7 Å². The van der Waals surface area contributed by atoms with Crippen LogP contribution in [0.4, 0.5) is 0 Å². The molecule has 0 aliphatic carbocycles. The van der Waals surface area contributed by atoms with E-state index in [9.17, 15) is 0 Å². The molecule has 0 radical (unpaired) electrons. The average molecular weight is 270 g/mol. The highest BCUT2D eigenvalue weighted by atomic mass is 15.4. The predicted molar refractivity (Wildman–Crippen MR) is 80.7 cm³/mol. The van der Waals surface area contributed by atoms with Gasteiger partial charge in [0.2, 0.25) is 0 Å². The van der Waals surface area contributed by atoms with Gasteiger partial charge in [0.1, 0.15) is 5.82 Å². The molecular weight excluding hydrogens is 248 g/mol. The first-order valence-electron chi connectivity index (χ1n) is 7.48. The zero-order valence-electron chi connectivity index (χ0n) is 12.2. The molecule has 3 rings (SSSR count). The Morgan fingerprint density at radius 3 is 2.70 bits per heavy atom. The summed E-state index contributed by atoms with van der Waals surface area (Å²) < 4.78 is 2.10. The number of nitrogens with zero attached hydrogens (tertiary/aromatic N) is 3. The molecule has 4 heteroatoms. The minimum atomic E-state index is 0.344. The van der Waals surface area contributed by atoms with E-state index in [1.54, 1.807) is 0 Å². The Morgan fingerprint density at radius 2 is 2.05 bits per heavy atom. The first kappa shape index (κ1) is 13.3. The molecule has 1 fully saturated rings. The van der Waals surface area contributed by atoms with Crippen molar-refractivity contribution in [1.29, 1.82) is 0 Å². The van der Waals surface area contributed by atoms with E-state index < -0.39 is 0 Å². The number of aromatic nitrogens is 3. The van der Waals surface area contributed by atoms with Crippen LogP contribution in [0.25, 0.3) is 11.4 Å². The highest BCUT2D eigenvalue weighted by Crippen LogP contribution is 2.26. The maximum atomic E-state index is 4.84. The van der Waals surface area contributed by atoms with Gasteiger partial charge in [0.15, 0.2) is 5.82 Å². The van der Waals surface area contributed by atoms with Gasteiger partial charge in [0.05, 0.1) is 0 Å². The summed E-state index contributed by atoms with van der Waals surface area (Å²) in [6.07, 6.45) is 2.42. The van der Waals surface area contributed by atoms with Gasteiger partial charge in [-0.1, -0.05) is 30.3 Å². The monoisotopic (exact) mass is 270 g/mol. The van der Waals surface area contributed by atoms with Crippen LogP contribution in [0.2, 0.25) is 0 Å². The van der Waals surface area contributed by atoms with E-state index in [0.717, 1.165) is 30.3 Å². The van der Waals surface area contributed by atoms with Crippen LogP contribution in [0.15, 0.2) is 30.3 Å². The fourth-order valence-corrected chi connectivity index (χ4v) is 2.78. The van der Waals surface area contributed by atoms with E-state index in [1.807, 2.05) is 18.2 Å². The van der Waals surface area contributed by atoms with E-state index >= 15 is 0 Å². The molecule has 0 bridgehead atoms. The van der Waals surface area contributed by atoms with Gasteiger partial charge in [-0.3, -0.25) is 0 Å². The summed E-state index contributed by atoms with van der Waals surface area (Å²) in [6, 6.07) is 10.6. The second-order valence-electron chi connectivity index (χ2n) is 5.74. The Balaban J connectivity index is 1.98. The molecule has 106 valence electrons. The molecule has 1 aliphatic heterocycles. The fourth-order valence-electron chi connectivity index (χ4n) is 2.78. The maximum absolute atomic E-state index is 4.84. The Bertz CT molecular complexity index is 553. The minimum absolute atomic E-state index is 0.344. The van der Waals surface area contributed by atoms with Crippen molar-refractivity contribution in [3.63, 3.8) is 0 Å². The SMILES string of the molecule is CC(C)n1nc(-c2ccccc2)nc1C1CCCNC1. The highest BCUT2D eigenvalue weighted by Gasteiger charge is 2.23. The second-order valence-corrected chi connectivity index (χ2v) is 5.74. The third-order valence-electron chi connectivity index (χ3n) is 3.84.